The first-order valence-electron chi connectivity index (χ1n) is 10.2. The Morgan fingerprint density at radius 1 is 0.871 bits per heavy atom. The molecule has 0 aliphatic heterocycles. The lowest BCUT2D eigenvalue weighted by Gasteiger charge is -2.14. The molecule has 0 bridgehead atoms. The van der Waals surface area contributed by atoms with Crippen LogP contribution in [0.4, 0.5) is 5.69 Å². The molecular formula is C26H26N2O3. The predicted molar refractivity (Wildman–Crippen MR) is 124 cm³/mol. The number of aryl methyl sites for hydroxylation is 1. The van der Waals surface area contributed by atoms with Crippen LogP contribution in [0.3, 0.4) is 0 Å². The molecule has 3 aromatic rings. The summed E-state index contributed by atoms with van der Waals surface area (Å²) >= 11 is 0. The Morgan fingerprint density at radius 3 is 2.23 bits per heavy atom. The Hall–Kier alpha value is -3.86. The van der Waals surface area contributed by atoms with Crippen LogP contribution < -0.4 is 15.4 Å². The van der Waals surface area contributed by atoms with Gasteiger partial charge in [-0.1, -0.05) is 72.8 Å². The molecule has 3 rings (SSSR count). The van der Waals surface area contributed by atoms with Crippen molar-refractivity contribution in [1.82, 2.24) is 5.32 Å². The molecule has 0 heterocycles. The summed E-state index contributed by atoms with van der Waals surface area (Å²) in [6, 6.07) is 26.9. The molecule has 158 valence electrons. The summed E-state index contributed by atoms with van der Waals surface area (Å²) in [4.78, 5) is 24.5. The molecule has 0 aliphatic rings. The van der Waals surface area contributed by atoms with Crippen molar-refractivity contribution in [3.63, 3.8) is 0 Å². The van der Waals surface area contributed by atoms with Crippen molar-refractivity contribution in [2.24, 2.45) is 0 Å². The van der Waals surface area contributed by atoms with E-state index in [0.717, 1.165) is 18.4 Å². The van der Waals surface area contributed by atoms with E-state index in [9.17, 15) is 9.59 Å². The van der Waals surface area contributed by atoms with Gasteiger partial charge >= 0.3 is 0 Å². The SMILES string of the molecule is CC(=O)N/C(=C\c1ccccc1)C(=O)Nc1ccccc1OCCCc1ccccc1. The van der Waals surface area contributed by atoms with Gasteiger partial charge in [0.2, 0.25) is 5.91 Å². The molecule has 0 spiro atoms. The quantitative estimate of drug-likeness (QED) is 0.390. The third kappa shape index (κ3) is 7.16. The maximum absolute atomic E-state index is 12.9. The Labute approximate surface area is 182 Å². The number of ether oxygens (including phenoxy) is 1. The molecule has 0 unspecified atom stereocenters. The Balaban J connectivity index is 1.65. The molecule has 5 heteroatoms. The fourth-order valence-corrected chi connectivity index (χ4v) is 3.05. The first-order chi connectivity index (χ1) is 15.1. The molecule has 0 saturated carbocycles. The second-order valence-corrected chi connectivity index (χ2v) is 7.04. The minimum absolute atomic E-state index is 0.164. The van der Waals surface area contributed by atoms with Crippen LogP contribution in [0.25, 0.3) is 6.08 Å². The summed E-state index contributed by atoms with van der Waals surface area (Å²) in [5, 5.41) is 5.46. The van der Waals surface area contributed by atoms with Crippen LogP contribution >= 0.6 is 0 Å². The van der Waals surface area contributed by atoms with Crippen molar-refractivity contribution in [3.05, 3.63) is 102 Å². The molecule has 2 N–H and O–H groups in total. The highest BCUT2D eigenvalue weighted by molar-refractivity contribution is 6.09. The highest BCUT2D eigenvalue weighted by Gasteiger charge is 2.14. The van der Waals surface area contributed by atoms with E-state index < -0.39 is 5.91 Å². The number of carbonyl (C=O) groups is 2. The maximum atomic E-state index is 12.9. The third-order valence-corrected chi connectivity index (χ3v) is 4.51. The zero-order valence-electron chi connectivity index (χ0n) is 17.5. The van der Waals surface area contributed by atoms with Gasteiger partial charge in [0.25, 0.3) is 5.91 Å². The lowest BCUT2D eigenvalue weighted by molar-refractivity contribution is -0.120. The number of anilines is 1. The van der Waals surface area contributed by atoms with Crippen LogP contribution in [-0.2, 0) is 16.0 Å². The van der Waals surface area contributed by atoms with Crippen LogP contribution in [0.1, 0.15) is 24.5 Å². The average molecular weight is 415 g/mol. The molecule has 2 amide bonds. The summed E-state index contributed by atoms with van der Waals surface area (Å²) in [7, 11) is 0. The van der Waals surface area contributed by atoms with E-state index in [4.69, 9.17) is 4.74 Å². The molecule has 0 fully saturated rings. The van der Waals surface area contributed by atoms with Crippen LogP contribution in [0, 0.1) is 0 Å². The van der Waals surface area contributed by atoms with Crippen LogP contribution in [0.15, 0.2) is 90.6 Å². The summed E-state index contributed by atoms with van der Waals surface area (Å²) in [5.74, 6) is -0.145. The molecule has 31 heavy (non-hydrogen) atoms. The van der Waals surface area contributed by atoms with Gasteiger partial charge < -0.3 is 15.4 Å². The monoisotopic (exact) mass is 414 g/mol. The molecule has 0 aromatic heterocycles. The highest BCUT2D eigenvalue weighted by Crippen LogP contribution is 2.24. The normalized spacial score (nSPS) is 10.9. The topological polar surface area (TPSA) is 67.4 Å². The Bertz CT molecular complexity index is 1030. The van der Waals surface area contributed by atoms with E-state index in [1.807, 2.05) is 66.7 Å². The average Bonchev–Trinajstić information content (AvgIpc) is 2.78. The van der Waals surface area contributed by atoms with Gasteiger partial charge in [-0.05, 0) is 42.2 Å². The zero-order chi connectivity index (χ0) is 21.9. The van der Waals surface area contributed by atoms with E-state index in [1.54, 1.807) is 12.1 Å². The molecule has 3 aromatic carbocycles. The lowest BCUT2D eigenvalue weighted by atomic mass is 10.1. The number of nitrogens with one attached hydrogen (secondary N) is 2. The van der Waals surface area contributed by atoms with Gasteiger partial charge in [0.05, 0.1) is 12.3 Å². The van der Waals surface area contributed by atoms with Gasteiger partial charge in [0.15, 0.2) is 0 Å². The summed E-state index contributed by atoms with van der Waals surface area (Å²) in [6.45, 7) is 1.90. The molecule has 0 atom stereocenters. The van der Waals surface area contributed by atoms with Crippen LogP contribution in [0.2, 0.25) is 0 Å². The third-order valence-electron chi connectivity index (χ3n) is 4.51. The smallest absolute Gasteiger partial charge is 0.272 e. The minimum atomic E-state index is -0.417. The summed E-state index contributed by atoms with van der Waals surface area (Å²) in [6.07, 6.45) is 3.42. The molecule has 0 saturated heterocycles. The first kappa shape index (κ1) is 21.8. The minimum Gasteiger partial charge on any atom is -0.491 e. The second-order valence-electron chi connectivity index (χ2n) is 7.04. The number of benzene rings is 3. The Kier molecular flexibility index (Phi) is 8.00. The van der Waals surface area contributed by atoms with Gasteiger partial charge in [0.1, 0.15) is 11.4 Å². The molecule has 5 nitrogen and oxygen atoms in total. The van der Waals surface area contributed by atoms with Gasteiger partial charge in [-0.15, -0.1) is 0 Å². The van der Waals surface area contributed by atoms with Crippen molar-refractivity contribution in [2.75, 3.05) is 11.9 Å². The molecule has 0 radical (unpaired) electrons. The van der Waals surface area contributed by atoms with E-state index in [2.05, 4.69) is 22.8 Å². The fraction of sp³-hybridized carbons (Fsp3) is 0.154. The number of amides is 2. The predicted octanol–water partition coefficient (Wildman–Crippen LogP) is 4.81. The lowest BCUT2D eigenvalue weighted by Crippen LogP contribution is -2.29. The number of hydrogen-bond acceptors (Lipinski definition) is 3. The summed E-state index contributed by atoms with van der Waals surface area (Å²) in [5.41, 5.74) is 2.79. The number of rotatable bonds is 9. The van der Waals surface area contributed by atoms with Crippen LogP contribution in [-0.4, -0.2) is 18.4 Å². The van der Waals surface area contributed by atoms with Crippen molar-refractivity contribution >= 4 is 23.6 Å². The standard InChI is InChI=1S/C26H26N2O3/c1-20(29)27-24(19-22-13-6-3-7-14-22)26(30)28-23-16-8-9-17-25(23)31-18-10-15-21-11-4-2-5-12-21/h2-9,11-14,16-17,19H,10,15,18H2,1H3,(H,27,29)(H,28,30)/b24-19-. The molecule has 0 aliphatic carbocycles. The van der Waals surface area contributed by atoms with E-state index in [0.29, 0.717) is 18.0 Å². The molecular weight excluding hydrogens is 388 g/mol. The van der Waals surface area contributed by atoms with E-state index in [-0.39, 0.29) is 11.6 Å². The van der Waals surface area contributed by atoms with Gasteiger partial charge in [-0.25, -0.2) is 0 Å². The van der Waals surface area contributed by atoms with Gasteiger partial charge in [-0.3, -0.25) is 9.59 Å². The first-order valence-corrected chi connectivity index (χ1v) is 10.2. The zero-order valence-corrected chi connectivity index (χ0v) is 17.5. The van der Waals surface area contributed by atoms with Gasteiger partial charge in [0, 0.05) is 6.92 Å². The summed E-state index contributed by atoms with van der Waals surface area (Å²) < 4.78 is 5.92. The van der Waals surface area contributed by atoms with E-state index >= 15 is 0 Å². The van der Waals surface area contributed by atoms with Crippen LogP contribution in [0.5, 0.6) is 5.75 Å². The number of carbonyl (C=O) groups excluding carboxylic acids is 2. The van der Waals surface area contributed by atoms with Gasteiger partial charge in [-0.2, -0.15) is 0 Å². The number of para-hydroxylation sites is 2. The van der Waals surface area contributed by atoms with E-state index in [1.165, 1.54) is 12.5 Å². The Morgan fingerprint density at radius 2 is 1.52 bits per heavy atom. The van der Waals surface area contributed by atoms with Crippen molar-refractivity contribution in [3.8, 4) is 5.75 Å². The number of hydrogen-bond donors (Lipinski definition) is 2. The second kappa shape index (κ2) is 11.4. The largest absolute Gasteiger partial charge is 0.491 e. The van der Waals surface area contributed by atoms with Crippen molar-refractivity contribution in [1.29, 1.82) is 0 Å². The van der Waals surface area contributed by atoms with Crippen molar-refractivity contribution in [2.45, 2.75) is 19.8 Å². The highest BCUT2D eigenvalue weighted by atomic mass is 16.5. The fourth-order valence-electron chi connectivity index (χ4n) is 3.05. The van der Waals surface area contributed by atoms with Crippen molar-refractivity contribution < 1.29 is 14.3 Å². The maximum Gasteiger partial charge on any atom is 0.272 e.